The number of aryl methyl sites for hydroxylation is 2. The number of hydrogen-bond acceptors (Lipinski definition) is 3. The first kappa shape index (κ1) is 18.0. The van der Waals surface area contributed by atoms with Gasteiger partial charge in [-0.2, -0.15) is 13.2 Å². The van der Waals surface area contributed by atoms with Gasteiger partial charge in [0.25, 0.3) is 0 Å². The van der Waals surface area contributed by atoms with Crippen molar-refractivity contribution in [3.63, 3.8) is 0 Å². The molecule has 0 aliphatic carbocycles. The highest BCUT2D eigenvalue weighted by molar-refractivity contribution is 5.87. The third kappa shape index (κ3) is 3.74. The second-order valence-electron chi connectivity index (χ2n) is 5.88. The molecular formula is C20H18F3NO2. The summed E-state index contributed by atoms with van der Waals surface area (Å²) in [5, 5.41) is 1.91. The van der Waals surface area contributed by atoms with E-state index in [1.165, 1.54) is 12.1 Å². The molecule has 0 bridgehead atoms. The lowest BCUT2D eigenvalue weighted by Gasteiger charge is -2.12. The summed E-state index contributed by atoms with van der Waals surface area (Å²) < 4.78 is 48.6. The van der Waals surface area contributed by atoms with Crippen LogP contribution in [0.1, 0.15) is 16.8 Å². The van der Waals surface area contributed by atoms with E-state index in [2.05, 4.69) is 4.98 Å². The fourth-order valence-corrected chi connectivity index (χ4v) is 2.88. The van der Waals surface area contributed by atoms with Crippen molar-refractivity contribution in [2.45, 2.75) is 19.0 Å². The van der Waals surface area contributed by atoms with Gasteiger partial charge in [-0.3, -0.25) is 4.98 Å². The number of rotatable bonds is 5. The van der Waals surface area contributed by atoms with Crippen LogP contribution >= 0.6 is 0 Å². The lowest BCUT2D eigenvalue weighted by atomic mass is 10.0. The third-order valence-corrected chi connectivity index (χ3v) is 4.28. The molecule has 3 rings (SSSR count). The number of pyridine rings is 1. The predicted octanol–water partition coefficient (Wildman–Crippen LogP) is 5.06. The van der Waals surface area contributed by atoms with Gasteiger partial charge in [0.05, 0.1) is 19.8 Å². The van der Waals surface area contributed by atoms with Crippen molar-refractivity contribution >= 4 is 10.8 Å². The van der Waals surface area contributed by atoms with Crippen LogP contribution in [0, 0.1) is 0 Å². The molecule has 0 N–H and O–H groups in total. The smallest absolute Gasteiger partial charge is 0.416 e. The maximum atomic E-state index is 12.6. The molecule has 0 aliphatic heterocycles. The standard InChI is InChI=1S/C20H18F3NO2/c1-25-18-11-14-9-10-24-17(16(14)12-19(18)26-2)8-5-13-3-6-15(7-4-13)20(21,22)23/h3-4,6-7,9-12H,5,8H2,1-2H3. The number of benzene rings is 2. The highest BCUT2D eigenvalue weighted by Crippen LogP contribution is 2.33. The molecule has 2 aromatic carbocycles. The number of hydrogen-bond donors (Lipinski definition) is 0. The zero-order chi connectivity index (χ0) is 18.7. The van der Waals surface area contributed by atoms with Crippen LogP contribution in [0.15, 0.2) is 48.7 Å². The van der Waals surface area contributed by atoms with Crippen molar-refractivity contribution in [2.24, 2.45) is 0 Å². The van der Waals surface area contributed by atoms with Gasteiger partial charge in [-0.1, -0.05) is 12.1 Å². The van der Waals surface area contributed by atoms with Crippen LogP contribution in [0.3, 0.4) is 0 Å². The quantitative estimate of drug-likeness (QED) is 0.637. The SMILES string of the molecule is COc1cc2ccnc(CCc3ccc(C(F)(F)F)cc3)c2cc1OC. The van der Waals surface area contributed by atoms with Crippen LogP contribution in [-0.4, -0.2) is 19.2 Å². The Morgan fingerprint density at radius 1 is 0.885 bits per heavy atom. The minimum atomic E-state index is -4.31. The molecule has 0 unspecified atom stereocenters. The highest BCUT2D eigenvalue weighted by atomic mass is 19.4. The Balaban J connectivity index is 1.85. The maximum Gasteiger partial charge on any atom is 0.416 e. The molecule has 0 saturated heterocycles. The number of halogens is 3. The van der Waals surface area contributed by atoms with E-state index in [0.717, 1.165) is 34.2 Å². The summed E-state index contributed by atoms with van der Waals surface area (Å²) in [5.41, 5.74) is 1.06. The molecule has 26 heavy (non-hydrogen) atoms. The average Bonchev–Trinajstić information content (AvgIpc) is 2.64. The maximum absolute atomic E-state index is 12.6. The summed E-state index contributed by atoms with van der Waals surface area (Å²) in [5.74, 6) is 1.25. The van der Waals surface area contributed by atoms with Gasteiger partial charge in [-0.05, 0) is 54.1 Å². The molecule has 0 fully saturated rings. The van der Waals surface area contributed by atoms with Crippen molar-refractivity contribution in [3.8, 4) is 11.5 Å². The van der Waals surface area contributed by atoms with E-state index >= 15 is 0 Å². The number of nitrogens with zero attached hydrogens (tertiary/aromatic N) is 1. The zero-order valence-corrected chi connectivity index (χ0v) is 14.4. The third-order valence-electron chi connectivity index (χ3n) is 4.28. The number of fused-ring (bicyclic) bond motifs is 1. The van der Waals surface area contributed by atoms with Gasteiger partial charge in [0, 0.05) is 17.3 Å². The van der Waals surface area contributed by atoms with E-state index in [1.807, 2.05) is 18.2 Å². The van der Waals surface area contributed by atoms with E-state index in [9.17, 15) is 13.2 Å². The lowest BCUT2D eigenvalue weighted by Crippen LogP contribution is -2.04. The second-order valence-corrected chi connectivity index (χ2v) is 5.88. The van der Waals surface area contributed by atoms with E-state index in [-0.39, 0.29) is 0 Å². The van der Waals surface area contributed by atoms with Crippen molar-refractivity contribution in [1.29, 1.82) is 0 Å². The molecule has 1 heterocycles. The first-order valence-electron chi connectivity index (χ1n) is 8.08. The summed E-state index contributed by atoms with van der Waals surface area (Å²) in [6.07, 6.45) is -1.39. The Morgan fingerprint density at radius 2 is 1.54 bits per heavy atom. The van der Waals surface area contributed by atoms with E-state index in [4.69, 9.17) is 9.47 Å². The molecule has 6 heteroatoms. The summed E-state index contributed by atoms with van der Waals surface area (Å²) in [6.45, 7) is 0. The van der Waals surface area contributed by atoms with Gasteiger partial charge >= 0.3 is 6.18 Å². The Labute approximate surface area is 149 Å². The van der Waals surface area contributed by atoms with Crippen LogP contribution in [0.4, 0.5) is 13.2 Å². The lowest BCUT2D eigenvalue weighted by molar-refractivity contribution is -0.137. The molecule has 3 aromatic rings. The molecule has 0 aliphatic rings. The van der Waals surface area contributed by atoms with Crippen LogP contribution in [0.2, 0.25) is 0 Å². The van der Waals surface area contributed by atoms with Gasteiger partial charge in [0.1, 0.15) is 0 Å². The Morgan fingerprint density at radius 3 is 2.15 bits per heavy atom. The van der Waals surface area contributed by atoms with Gasteiger partial charge in [0.15, 0.2) is 11.5 Å². The van der Waals surface area contributed by atoms with Gasteiger partial charge in [0.2, 0.25) is 0 Å². The molecule has 0 atom stereocenters. The summed E-state index contributed by atoms with van der Waals surface area (Å²) in [4.78, 5) is 4.43. The van der Waals surface area contributed by atoms with Gasteiger partial charge in [-0.15, -0.1) is 0 Å². The van der Waals surface area contributed by atoms with Crippen molar-refractivity contribution in [3.05, 3.63) is 65.5 Å². The summed E-state index contributed by atoms with van der Waals surface area (Å²) in [6, 6.07) is 10.9. The number of aromatic nitrogens is 1. The molecule has 0 spiro atoms. The fourth-order valence-electron chi connectivity index (χ4n) is 2.88. The molecule has 136 valence electrons. The van der Waals surface area contributed by atoms with Crippen LogP contribution in [0.25, 0.3) is 10.8 Å². The van der Waals surface area contributed by atoms with Gasteiger partial charge in [-0.25, -0.2) is 0 Å². The van der Waals surface area contributed by atoms with Crippen molar-refractivity contribution in [1.82, 2.24) is 4.98 Å². The van der Waals surface area contributed by atoms with Crippen molar-refractivity contribution < 1.29 is 22.6 Å². The number of ether oxygens (including phenoxy) is 2. The van der Waals surface area contributed by atoms with E-state index < -0.39 is 11.7 Å². The highest BCUT2D eigenvalue weighted by Gasteiger charge is 2.29. The first-order valence-corrected chi connectivity index (χ1v) is 8.08. The van der Waals surface area contributed by atoms with Crippen molar-refractivity contribution in [2.75, 3.05) is 14.2 Å². The summed E-state index contributed by atoms with van der Waals surface area (Å²) >= 11 is 0. The molecule has 0 radical (unpaired) electrons. The predicted molar refractivity (Wildman–Crippen MR) is 93.7 cm³/mol. The van der Waals surface area contributed by atoms with E-state index in [1.54, 1.807) is 20.4 Å². The Kier molecular flexibility index (Phi) is 5.02. The Hall–Kier alpha value is -2.76. The van der Waals surface area contributed by atoms with Crippen LogP contribution < -0.4 is 9.47 Å². The largest absolute Gasteiger partial charge is 0.493 e. The second kappa shape index (κ2) is 7.23. The average molecular weight is 361 g/mol. The number of methoxy groups -OCH3 is 2. The number of alkyl halides is 3. The monoisotopic (exact) mass is 361 g/mol. The zero-order valence-electron chi connectivity index (χ0n) is 14.4. The van der Waals surface area contributed by atoms with Crippen LogP contribution in [-0.2, 0) is 19.0 Å². The molecule has 1 aromatic heterocycles. The minimum Gasteiger partial charge on any atom is -0.493 e. The fraction of sp³-hybridized carbons (Fsp3) is 0.250. The molecule has 3 nitrogen and oxygen atoms in total. The molecule has 0 saturated carbocycles. The molecular weight excluding hydrogens is 343 g/mol. The molecule has 0 amide bonds. The van der Waals surface area contributed by atoms with Gasteiger partial charge < -0.3 is 9.47 Å². The first-order chi connectivity index (χ1) is 12.4. The normalized spacial score (nSPS) is 11.6. The van der Waals surface area contributed by atoms with Crippen LogP contribution in [0.5, 0.6) is 11.5 Å². The summed E-state index contributed by atoms with van der Waals surface area (Å²) in [7, 11) is 3.15. The topological polar surface area (TPSA) is 31.4 Å². The Bertz CT molecular complexity index is 905. The van der Waals surface area contributed by atoms with E-state index in [0.29, 0.717) is 24.3 Å². The minimum absolute atomic E-state index is 0.596.